The topological polar surface area (TPSA) is 41.3 Å². The first kappa shape index (κ1) is 11.4. The highest BCUT2D eigenvalue weighted by atomic mass is 15.1. The smallest absolute Gasteiger partial charge is 0.0197 e. The molecule has 0 saturated carbocycles. The first-order chi connectivity index (χ1) is 7.36. The van der Waals surface area contributed by atoms with Gasteiger partial charge in [0.15, 0.2) is 0 Å². The normalized spacial score (nSPS) is 27.8. The van der Waals surface area contributed by atoms with Crippen molar-refractivity contribution < 1.29 is 0 Å². The lowest BCUT2D eigenvalue weighted by Gasteiger charge is -2.34. The van der Waals surface area contributed by atoms with Gasteiger partial charge in [-0.15, -0.1) is 0 Å². The first-order valence-electron chi connectivity index (χ1n) is 6.55. The van der Waals surface area contributed by atoms with E-state index in [-0.39, 0.29) is 0 Å². The zero-order valence-corrected chi connectivity index (χ0v) is 9.75. The largest absolute Gasteiger partial charge is 0.326 e. The summed E-state index contributed by atoms with van der Waals surface area (Å²) in [5.74, 6) is 0.758. The van der Waals surface area contributed by atoms with Gasteiger partial charge in [-0.1, -0.05) is 6.42 Å². The van der Waals surface area contributed by atoms with Crippen LogP contribution in [0, 0.1) is 5.92 Å². The highest BCUT2D eigenvalue weighted by Gasteiger charge is 2.22. The van der Waals surface area contributed by atoms with Crippen LogP contribution in [0.2, 0.25) is 0 Å². The van der Waals surface area contributed by atoms with Crippen molar-refractivity contribution in [2.24, 2.45) is 11.7 Å². The second-order valence-corrected chi connectivity index (χ2v) is 5.11. The Morgan fingerprint density at radius 2 is 1.80 bits per heavy atom. The van der Waals surface area contributed by atoms with Crippen molar-refractivity contribution in [3.05, 3.63) is 0 Å². The van der Waals surface area contributed by atoms with E-state index in [1.807, 2.05) is 0 Å². The van der Waals surface area contributed by atoms with Gasteiger partial charge in [-0.05, 0) is 57.8 Å². The fraction of sp³-hybridized carbons (Fsp3) is 1.00. The molecule has 2 aliphatic heterocycles. The molecule has 0 aromatic rings. The summed E-state index contributed by atoms with van der Waals surface area (Å²) < 4.78 is 0. The number of likely N-dealkylation sites (tertiary alicyclic amines) is 1. The Balaban J connectivity index is 1.72. The van der Waals surface area contributed by atoms with Crippen molar-refractivity contribution in [2.75, 3.05) is 32.7 Å². The number of piperidine rings is 2. The SMILES string of the molecule is NC(CN1CCCCC1)C1CCNCC1. The van der Waals surface area contributed by atoms with Crippen LogP contribution in [0.15, 0.2) is 0 Å². The first-order valence-corrected chi connectivity index (χ1v) is 6.55. The Labute approximate surface area is 93.4 Å². The molecule has 0 bridgehead atoms. The molecule has 2 fully saturated rings. The van der Waals surface area contributed by atoms with Gasteiger partial charge in [0.1, 0.15) is 0 Å². The van der Waals surface area contributed by atoms with Crippen LogP contribution in [-0.4, -0.2) is 43.7 Å². The van der Waals surface area contributed by atoms with Crippen molar-refractivity contribution in [3.8, 4) is 0 Å². The molecule has 0 aromatic heterocycles. The number of hydrogen-bond acceptors (Lipinski definition) is 3. The Hall–Kier alpha value is -0.120. The average molecular weight is 211 g/mol. The van der Waals surface area contributed by atoms with Crippen molar-refractivity contribution in [3.63, 3.8) is 0 Å². The number of rotatable bonds is 3. The van der Waals surface area contributed by atoms with Crippen LogP contribution >= 0.6 is 0 Å². The lowest BCUT2D eigenvalue weighted by Crippen LogP contribution is -2.46. The van der Waals surface area contributed by atoms with Gasteiger partial charge >= 0.3 is 0 Å². The van der Waals surface area contributed by atoms with E-state index in [9.17, 15) is 0 Å². The molecule has 0 amide bonds. The Bertz CT molecular complexity index is 172. The molecule has 0 aromatic carbocycles. The quantitative estimate of drug-likeness (QED) is 0.725. The number of hydrogen-bond donors (Lipinski definition) is 2. The molecule has 3 nitrogen and oxygen atoms in total. The average Bonchev–Trinajstić information content (AvgIpc) is 2.31. The molecule has 1 unspecified atom stereocenters. The van der Waals surface area contributed by atoms with Gasteiger partial charge in [0, 0.05) is 12.6 Å². The van der Waals surface area contributed by atoms with Crippen molar-refractivity contribution in [1.29, 1.82) is 0 Å². The van der Waals surface area contributed by atoms with Crippen molar-refractivity contribution in [1.82, 2.24) is 10.2 Å². The molecule has 2 rings (SSSR count). The molecule has 15 heavy (non-hydrogen) atoms. The van der Waals surface area contributed by atoms with Gasteiger partial charge in [-0.3, -0.25) is 0 Å². The van der Waals surface area contributed by atoms with Gasteiger partial charge < -0.3 is 16.0 Å². The maximum Gasteiger partial charge on any atom is 0.0197 e. The summed E-state index contributed by atoms with van der Waals surface area (Å²) in [6, 6.07) is 0.408. The third-order valence-corrected chi connectivity index (χ3v) is 3.91. The zero-order valence-electron chi connectivity index (χ0n) is 9.75. The van der Waals surface area contributed by atoms with Crippen LogP contribution in [-0.2, 0) is 0 Å². The van der Waals surface area contributed by atoms with E-state index < -0.39 is 0 Å². The number of nitrogens with one attached hydrogen (secondary N) is 1. The van der Waals surface area contributed by atoms with E-state index in [0.29, 0.717) is 6.04 Å². The Morgan fingerprint density at radius 3 is 2.47 bits per heavy atom. The van der Waals surface area contributed by atoms with Gasteiger partial charge in [-0.2, -0.15) is 0 Å². The highest BCUT2D eigenvalue weighted by Crippen LogP contribution is 2.17. The standard InChI is InChI=1S/C12H25N3/c13-12(11-4-6-14-7-5-11)10-15-8-2-1-3-9-15/h11-12,14H,1-10,13H2. The summed E-state index contributed by atoms with van der Waals surface area (Å²) in [5.41, 5.74) is 6.31. The summed E-state index contributed by atoms with van der Waals surface area (Å²) in [4.78, 5) is 2.57. The van der Waals surface area contributed by atoms with Crippen LogP contribution in [0.1, 0.15) is 32.1 Å². The second-order valence-electron chi connectivity index (χ2n) is 5.11. The minimum Gasteiger partial charge on any atom is -0.326 e. The molecular formula is C12H25N3. The summed E-state index contributed by atoms with van der Waals surface area (Å²) in [6.07, 6.45) is 6.71. The van der Waals surface area contributed by atoms with Gasteiger partial charge in [0.05, 0.1) is 0 Å². The molecule has 2 heterocycles. The number of nitrogens with two attached hydrogens (primary N) is 1. The van der Waals surface area contributed by atoms with Crippen LogP contribution < -0.4 is 11.1 Å². The summed E-state index contributed by atoms with van der Waals surface area (Å²) in [6.45, 7) is 6.01. The highest BCUT2D eigenvalue weighted by molar-refractivity contribution is 4.81. The third kappa shape index (κ3) is 3.44. The van der Waals surface area contributed by atoms with E-state index in [1.165, 1.54) is 58.3 Å². The van der Waals surface area contributed by atoms with Crippen LogP contribution in [0.4, 0.5) is 0 Å². The van der Waals surface area contributed by atoms with Crippen LogP contribution in [0.3, 0.4) is 0 Å². The summed E-state index contributed by atoms with van der Waals surface area (Å²) in [5, 5.41) is 3.40. The van der Waals surface area contributed by atoms with Gasteiger partial charge in [-0.25, -0.2) is 0 Å². The molecule has 2 saturated heterocycles. The summed E-state index contributed by atoms with van der Waals surface area (Å²) >= 11 is 0. The fourth-order valence-electron chi connectivity index (χ4n) is 2.86. The van der Waals surface area contributed by atoms with Crippen molar-refractivity contribution in [2.45, 2.75) is 38.1 Å². The predicted octanol–water partition coefficient (Wildman–Crippen LogP) is 0.799. The van der Waals surface area contributed by atoms with E-state index in [1.54, 1.807) is 0 Å². The third-order valence-electron chi connectivity index (χ3n) is 3.91. The van der Waals surface area contributed by atoms with Crippen LogP contribution in [0.25, 0.3) is 0 Å². The predicted molar refractivity (Wildman–Crippen MR) is 63.9 cm³/mol. The molecule has 0 aliphatic carbocycles. The van der Waals surface area contributed by atoms with Crippen LogP contribution in [0.5, 0.6) is 0 Å². The van der Waals surface area contributed by atoms with E-state index in [2.05, 4.69) is 10.2 Å². The Morgan fingerprint density at radius 1 is 1.13 bits per heavy atom. The van der Waals surface area contributed by atoms with E-state index >= 15 is 0 Å². The number of nitrogens with zero attached hydrogens (tertiary/aromatic N) is 1. The molecule has 2 aliphatic rings. The molecular weight excluding hydrogens is 186 g/mol. The minimum atomic E-state index is 0.408. The molecule has 3 heteroatoms. The lowest BCUT2D eigenvalue weighted by atomic mass is 9.90. The Kier molecular flexibility index (Phi) is 4.42. The lowest BCUT2D eigenvalue weighted by molar-refractivity contribution is 0.184. The van der Waals surface area contributed by atoms with Crippen molar-refractivity contribution >= 4 is 0 Å². The molecule has 3 N–H and O–H groups in total. The molecule has 0 radical (unpaired) electrons. The maximum atomic E-state index is 6.31. The van der Waals surface area contributed by atoms with Gasteiger partial charge in [0.2, 0.25) is 0 Å². The molecule has 0 spiro atoms. The second kappa shape index (κ2) is 5.83. The molecule has 1 atom stereocenters. The monoisotopic (exact) mass is 211 g/mol. The summed E-state index contributed by atoms with van der Waals surface area (Å²) in [7, 11) is 0. The van der Waals surface area contributed by atoms with Gasteiger partial charge in [0.25, 0.3) is 0 Å². The minimum absolute atomic E-state index is 0.408. The molecule has 88 valence electrons. The van der Waals surface area contributed by atoms with E-state index in [0.717, 1.165) is 12.5 Å². The van der Waals surface area contributed by atoms with E-state index in [4.69, 9.17) is 5.73 Å². The zero-order chi connectivity index (χ0) is 10.5. The maximum absolute atomic E-state index is 6.31. The fourth-order valence-corrected chi connectivity index (χ4v) is 2.86.